The molecule has 3 aromatic rings. The van der Waals surface area contributed by atoms with Crippen LogP contribution in [-0.2, 0) is 4.79 Å². The third-order valence-electron chi connectivity index (χ3n) is 5.53. The molecule has 6 heteroatoms. The molecular weight excluding hydrogens is 416 g/mol. The molecule has 1 aliphatic heterocycles. The Bertz CT molecular complexity index is 1210. The number of carbonyl (C=O) groups excluding carboxylic acids is 2. The third kappa shape index (κ3) is 5.34. The van der Waals surface area contributed by atoms with Crippen molar-refractivity contribution in [1.82, 2.24) is 10.6 Å². The zero-order valence-corrected chi connectivity index (χ0v) is 19.3. The number of aryl methyl sites for hydroxylation is 2. The van der Waals surface area contributed by atoms with E-state index in [0.717, 1.165) is 22.4 Å². The van der Waals surface area contributed by atoms with Crippen LogP contribution in [0.4, 0.5) is 0 Å². The Balaban J connectivity index is 1.62. The first-order valence-corrected chi connectivity index (χ1v) is 10.9. The highest BCUT2D eigenvalue weighted by atomic mass is 16.5. The van der Waals surface area contributed by atoms with E-state index in [1.165, 1.54) is 12.3 Å². The first-order valence-electron chi connectivity index (χ1n) is 10.9. The second-order valence-electron chi connectivity index (χ2n) is 9.03. The minimum atomic E-state index is -0.450. The maximum atomic E-state index is 13.4. The van der Waals surface area contributed by atoms with Gasteiger partial charge in [-0.2, -0.15) is 0 Å². The van der Waals surface area contributed by atoms with Gasteiger partial charge in [-0.3, -0.25) is 9.59 Å². The van der Waals surface area contributed by atoms with E-state index in [-0.39, 0.29) is 17.6 Å². The van der Waals surface area contributed by atoms with Crippen molar-refractivity contribution in [3.63, 3.8) is 0 Å². The van der Waals surface area contributed by atoms with Crippen LogP contribution in [0.2, 0.25) is 0 Å². The highest BCUT2D eigenvalue weighted by Gasteiger charge is 2.35. The molecule has 170 valence electrons. The van der Waals surface area contributed by atoms with Crippen LogP contribution < -0.4 is 15.4 Å². The molecule has 0 bridgehead atoms. The summed E-state index contributed by atoms with van der Waals surface area (Å²) in [6, 6.07) is 16.3. The lowest BCUT2D eigenvalue weighted by atomic mass is 9.89. The van der Waals surface area contributed by atoms with Crippen molar-refractivity contribution in [2.45, 2.75) is 45.8 Å². The topological polar surface area (TPSA) is 80.6 Å². The summed E-state index contributed by atoms with van der Waals surface area (Å²) in [5.74, 6) is 0.460. The van der Waals surface area contributed by atoms with Gasteiger partial charge in [0, 0.05) is 23.6 Å². The van der Waals surface area contributed by atoms with E-state index in [0.29, 0.717) is 17.7 Å². The molecule has 2 aromatic carbocycles. The molecule has 0 fully saturated rings. The van der Waals surface area contributed by atoms with Crippen LogP contribution in [0.25, 0.3) is 6.08 Å². The number of benzene rings is 2. The van der Waals surface area contributed by atoms with E-state index in [1.54, 1.807) is 24.3 Å². The van der Waals surface area contributed by atoms with Crippen molar-refractivity contribution < 1.29 is 18.7 Å². The summed E-state index contributed by atoms with van der Waals surface area (Å²) in [6.07, 6.45) is 3.64. The van der Waals surface area contributed by atoms with Crippen LogP contribution in [0.5, 0.6) is 5.75 Å². The normalized spacial score (nSPS) is 17.0. The first-order chi connectivity index (χ1) is 15.7. The molecule has 2 heterocycles. The monoisotopic (exact) mass is 444 g/mol. The number of hydrogen-bond donors (Lipinski definition) is 2. The van der Waals surface area contributed by atoms with Gasteiger partial charge < -0.3 is 19.8 Å². The predicted octanol–water partition coefficient (Wildman–Crippen LogP) is 5.09. The molecule has 0 unspecified atom stereocenters. The number of amides is 2. The minimum Gasteiger partial charge on any atom is -0.487 e. The Labute approximate surface area is 193 Å². The van der Waals surface area contributed by atoms with Crippen molar-refractivity contribution >= 4 is 17.9 Å². The molecule has 6 nitrogen and oxygen atoms in total. The van der Waals surface area contributed by atoms with Gasteiger partial charge in [0.25, 0.3) is 11.8 Å². The highest BCUT2D eigenvalue weighted by molar-refractivity contribution is 6.05. The van der Waals surface area contributed by atoms with E-state index in [9.17, 15) is 9.59 Å². The van der Waals surface area contributed by atoms with Gasteiger partial charge in [0.15, 0.2) is 0 Å². The number of hydrogen-bond acceptors (Lipinski definition) is 4. The molecule has 1 atom stereocenters. The molecule has 2 amide bonds. The smallest absolute Gasteiger partial charge is 0.268 e. The third-order valence-corrected chi connectivity index (χ3v) is 5.53. The van der Waals surface area contributed by atoms with Crippen molar-refractivity contribution in [3.8, 4) is 5.75 Å². The fraction of sp³-hybridized carbons (Fsp3) is 0.259. The quantitative estimate of drug-likeness (QED) is 0.538. The second kappa shape index (κ2) is 8.98. The summed E-state index contributed by atoms with van der Waals surface area (Å²) >= 11 is 0. The van der Waals surface area contributed by atoms with E-state index >= 15 is 0 Å². The molecule has 0 saturated carbocycles. The lowest BCUT2D eigenvalue weighted by Gasteiger charge is -2.38. The van der Waals surface area contributed by atoms with E-state index in [2.05, 4.69) is 10.6 Å². The van der Waals surface area contributed by atoms with Gasteiger partial charge in [-0.1, -0.05) is 29.8 Å². The van der Waals surface area contributed by atoms with E-state index in [4.69, 9.17) is 9.15 Å². The predicted molar refractivity (Wildman–Crippen MR) is 127 cm³/mol. The SMILES string of the molecule is Cc1cccc(C(=O)N/C(=C\c2ccco2)C(=O)N[C@H]2CC(C)(C)Oc3cc(C)ccc32)c1. The van der Waals surface area contributed by atoms with Gasteiger partial charge >= 0.3 is 0 Å². The van der Waals surface area contributed by atoms with E-state index in [1.807, 2.05) is 58.0 Å². The summed E-state index contributed by atoms with van der Waals surface area (Å²) < 4.78 is 11.5. The summed E-state index contributed by atoms with van der Waals surface area (Å²) in [7, 11) is 0. The Morgan fingerprint density at radius 2 is 1.82 bits per heavy atom. The minimum absolute atomic E-state index is 0.106. The molecule has 0 aliphatic carbocycles. The molecular formula is C27H28N2O4. The zero-order chi connectivity index (χ0) is 23.6. The molecule has 33 heavy (non-hydrogen) atoms. The average Bonchev–Trinajstić information content (AvgIpc) is 3.25. The number of rotatable bonds is 5. The van der Waals surface area contributed by atoms with Crippen LogP contribution in [-0.4, -0.2) is 17.4 Å². The first kappa shape index (κ1) is 22.4. The summed E-state index contributed by atoms with van der Waals surface area (Å²) in [6.45, 7) is 7.91. The Hall–Kier alpha value is -3.80. The average molecular weight is 445 g/mol. The number of carbonyl (C=O) groups is 2. The van der Waals surface area contributed by atoms with Gasteiger partial charge in [-0.25, -0.2) is 0 Å². The summed E-state index contributed by atoms with van der Waals surface area (Å²) in [4.78, 5) is 26.3. The Morgan fingerprint density at radius 3 is 2.55 bits per heavy atom. The van der Waals surface area contributed by atoms with Gasteiger partial charge in [0.1, 0.15) is 22.8 Å². The van der Waals surface area contributed by atoms with Crippen molar-refractivity contribution in [3.05, 3.63) is 94.6 Å². The largest absolute Gasteiger partial charge is 0.487 e. The van der Waals surface area contributed by atoms with Crippen LogP contribution in [0.1, 0.15) is 59.1 Å². The van der Waals surface area contributed by atoms with Crippen molar-refractivity contribution in [2.24, 2.45) is 0 Å². The number of ether oxygens (including phenoxy) is 1. The Morgan fingerprint density at radius 1 is 1.03 bits per heavy atom. The van der Waals surface area contributed by atoms with E-state index < -0.39 is 11.5 Å². The molecule has 0 saturated heterocycles. The molecule has 1 aliphatic rings. The summed E-state index contributed by atoms with van der Waals surface area (Å²) in [5, 5.41) is 5.85. The van der Waals surface area contributed by atoms with Crippen LogP contribution in [0.15, 0.2) is 71.0 Å². The number of furan rings is 1. The van der Waals surface area contributed by atoms with Gasteiger partial charge in [0.05, 0.1) is 12.3 Å². The van der Waals surface area contributed by atoms with Crippen LogP contribution in [0, 0.1) is 13.8 Å². The van der Waals surface area contributed by atoms with Gasteiger partial charge in [-0.05, 0) is 63.6 Å². The lowest BCUT2D eigenvalue weighted by Crippen LogP contribution is -2.43. The molecule has 0 radical (unpaired) electrons. The fourth-order valence-electron chi connectivity index (χ4n) is 3.98. The second-order valence-corrected chi connectivity index (χ2v) is 9.03. The Kier molecular flexibility index (Phi) is 6.09. The lowest BCUT2D eigenvalue weighted by molar-refractivity contribution is -0.119. The van der Waals surface area contributed by atoms with Crippen LogP contribution >= 0.6 is 0 Å². The highest BCUT2D eigenvalue weighted by Crippen LogP contribution is 2.40. The molecule has 2 N–H and O–H groups in total. The van der Waals surface area contributed by atoms with Crippen molar-refractivity contribution in [2.75, 3.05) is 0 Å². The zero-order valence-electron chi connectivity index (χ0n) is 19.3. The maximum absolute atomic E-state index is 13.4. The van der Waals surface area contributed by atoms with Gasteiger partial charge in [0.2, 0.25) is 0 Å². The van der Waals surface area contributed by atoms with Crippen molar-refractivity contribution in [1.29, 1.82) is 0 Å². The number of nitrogens with one attached hydrogen (secondary N) is 2. The van der Waals surface area contributed by atoms with Crippen LogP contribution in [0.3, 0.4) is 0 Å². The maximum Gasteiger partial charge on any atom is 0.268 e. The fourth-order valence-corrected chi connectivity index (χ4v) is 3.98. The van der Waals surface area contributed by atoms with Gasteiger partial charge in [-0.15, -0.1) is 0 Å². The molecule has 0 spiro atoms. The molecule has 1 aromatic heterocycles. The summed E-state index contributed by atoms with van der Waals surface area (Å²) in [5.41, 5.74) is 3.08. The molecule has 4 rings (SSSR count). The number of fused-ring (bicyclic) bond motifs is 1. The standard InChI is InChI=1S/C27H28N2O4/c1-17-7-5-8-19(13-17)25(30)28-22(15-20-9-6-12-32-20)26(31)29-23-16-27(3,4)33-24-14-18(2)10-11-21(23)24/h5-15,23H,16H2,1-4H3,(H,28,30)(H,29,31)/b22-15-/t23-/m0/s1.